The Morgan fingerprint density at radius 3 is 2.94 bits per heavy atom. The molecular formula is C14H19BrClN. The summed E-state index contributed by atoms with van der Waals surface area (Å²) >= 11 is 9.75. The lowest BCUT2D eigenvalue weighted by Crippen LogP contribution is -2.21. The highest BCUT2D eigenvalue weighted by Gasteiger charge is 2.13. The van der Waals surface area contributed by atoms with Gasteiger partial charge in [-0.3, -0.25) is 0 Å². The summed E-state index contributed by atoms with van der Waals surface area (Å²) in [6.07, 6.45) is 5.22. The van der Waals surface area contributed by atoms with Gasteiger partial charge in [0.25, 0.3) is 0 Å². The highest BCUT2D eigenvalue weighted by molar-refractivity contribution is 9.10. The van der Waals surface area contributed by atoms with Gasteiger partial charge < -0.3 is 5.32 Å². The summed E-state index contributed by atoms with van der Waals surface area (Å²) in [7, 11) is 0. The number of hydrogen-bond donors (Lipinski definition) is 1. The third-order valence-corrected chi connectivity index (χ3v) is 3.52. The average Bonchev–Trinajstić information content (AvgIpc) is 2.32. The van der Waals surface area contributed by atoms with Crippen molar-refractivity contribution < 1.29 is 0 Å². The zero-order chi connectivity index (χ0) is 12.7. The molecule has 0 bridgehead atoms. The van der Waals surface area contributed by atoms with E-state index in [-0.39, 0.29) is 0 Å². The Labute approximate surface area is 117 Å². The molecule has 1 atom stereocenters. The van der Waals surface area contributed by atoms with Gasteiger partial charge in [0, 0.05) is 15.5 Å². The van der Waals surface area contributed by atoms with E-state index in [0.717, 1.165) is 35.3 Å². The van der Waals surface area contributed by atoms with Gasteiger partial charge in [-0.15, -0.1) is 6.58 Å². The summed E-state index contributed by atoms with van der Waals surface area (Å²) in [5.41, 5.74) is 1.17. The third-order valence-electron chi connectivity index (χ3n) is 2.69. The minimum atomic E-state index is 0.324. The topological polar surface area (TPSA) is 12.0 Å². The second-order valence-corrected chi connectivity index (χ2v) is 5.32. The van der Waals surface area contributed by atoms with Crippen molar-refractivity contribution in [3.8, 4) is 0 Å². The predicted octanol–water partition coefficient (Wildman–Crippen LogP) is 5.11. The van der Waals surface area contributed by atoms with E-state index < -0.39 is 0 Å². The maximum Gasteiger partial charge on any atom is 0.0454 e. The van der Waals surface area contributed by atoms with Gasteiger partial charge in [-0.2, -0.15) is 0 Å². The first-order chi connectivity index (χ1) is 8.19. The second kappa shape index (κ2) is 7.91. The molecule has 0 fully saturated rings. The molecule has 0 aliphatic heterocycles. The summed E-state index contributed by atoms with van der Waals surface area (Å²) in [4.78, 5) is 0. The molecule has 0 amide bonds. The van der Waals surface area contributed by atoms with Crippen LogP contribution >= 0.6 is 27.5 Å². The number of benzene rings is 1. The van der Waals surface area contributed by atoms with Crippen molar-refractivity contribution in [1.29, 1.82) is 0 Å². The number of unbranched alkanes of at least 4 members (excludes halogenated alkanes) is 1. The SMILES string of the molecule is C=CCCCC(NCC)c1cc(Br)ccc1Cl. The number of rotatable bonds is 7. The Hall–Kier alpha value is -0.310. The van der Waals surface area contributed by atoms with Gasteiger partial charge in [-0.05, 0) is 49.6 Å². The van der Waals surface area contributed by atoms with Gasteiger partial charge in [0.1, 0.15) is 0 Å². The van der Waals surface area contributed by atoms with Crippen molar-refractivity contribution in [1.82, 2.24) is 5.32 Å². The summed E-state index contributed by atoms with van der Waals surface area (Å²) in [6, 6.07) is 6.34. The van der Waals surface area contributed by atoms with Crippen LogP contribution in [-0.4, -0.2) is 6.54 Å². The van der Waals surface area contributed by atoms with Gasteiger partial charge in [-0.1, -0.05) is 40.5 Å². The van der Waals surface area contributed by atoms with Gasteiger partial charge >= 0.3 is 0 Å². The molecule has 17 heavy (non-hydrogen) atoms. The molecule has 0 heterocycles. The lowest BCUT2D eigenvalue weighted by Gasteiger charge is -2.19. The molecule has 1 aromatic rings. The van der Waals surface area contributed by atoms with Crippen LogP contribution in [0.5, 0.6) is 0 Å². The van der Waals surface area contributed by atoms with Gasteiger partial charge in [0.15, 0.2) is 0 Å². The zero-order valence-electron chi connectivity index (χ0n) is 10.2. The summed E-state index contributed by atoms with van der Waals surface area (Å²) in [5, 5.41) is 4.32. The van der Waals surface area contributed by atoms with Crippen molar-refractivity contribution in [3.63, 3.8) is 0 Å². The molecule has 0 saturated carbocycles. The summed E-state index contributed by atoms with van der Waals surface area (Å²) in [6.45, 7) is 6.82. The molecule has 1 nitrogen and oxygen atoms in total. The molecule has 0 aliphatic carbocycles. The van der Waals surface area contributed by atoms with Crippen molar-refractivity contribution in [3.05, 3.63) is 45.9 Å². The van der Waals surface area contributed by atoms with Gasteiger partial charge in [0.2, 0.25) is 0 Å². The van der Waals surface area contributed by atoms with Crippen LogP contribution in [0.25, 0.3) is 0 Å². The largest absolute Gasteiger partial charge is 0.310 e. The fraction of sp³-hybridized carbons (Fsp3) is 0.429. The molecule has 1 aromatic carbocycles. The normalized spacial score (nSPS) is 12.4. The molecule has 1 N–H and O–H groups in total. The van der Waals surface area contributed by atoms with Crippen molar-refractivity contribution in [2.24, 2.45) is 0 Å². The number of hydrogen-bond acceptors (Lipinski definition) is 1. The van der Waals surface area contributed by atoms with Crippen LogP contribution in [0, 0.1) is 0 Å². The van der Waals surface area contributed by atoms with Crippen LogP contribution in [0.1, 0.15) is 37.8 Å². The Morgan fingerprint density at radius 1 is 1.53 bits per heavy atom. The van der Waals surface area contributed by atoms with Crippen molar-refractivity contribution in [2.75, 3.05) is 6.54 Å². The van der Waals surface area contributed by atoms with E-state index in [4.69, 9.17) is 11.6 Å². The highest BCUT2D eigenvalue weighted by Crippen LogP contribution is 2.29. The predicted molar refractivity (Wildman–Crippen MR) is 79.6 cm³/mol. The Bertz CT molecular complexity index is 365. The minimum absolute atomic E-state index is 0.324. The monoisotopic (exact) mass is 315 g/mol. The standard InChI is InChI=1S/C14H19BrClN/c1-3-5-6-7-14(17-4-2)12-10-11(15)8-9-13(12)16/h3,8-10,14,17H,1,4-7H2,2H3. The maximum absolute atomic E-state index is 6.26. The Kier molecular flexibility index (Phi) is 6.86. The van der Waals surface area contributed by atoms with E-state index in [1.807, 2.05) is 18.2 Å². The molecule has 0 spiro atoms. The van der Waals surface area contributed by atoms with E-state index in [1.54, 1.807) is 0 Å². The van der Waals surface area contributed by atoms with Crippen LogP contribution < -0.4 is 5.32 Å². The van der Waals surface area contributed by atoms with Crippen molar-refractivity contribution in [2.45, 2.75) is 32.2 Å². The average molecular weight is 317 g/mol. The van der Waals surface area contributed by atoms with Gasteiger partial charge in [-0.25, -0.2) is 0 Å². The molecular weight excluding hydrogens is 298 g/mol. The molecule has 3 heteroatoms. The lowest BCUT2D eigenvalue weighted by molar-refractivity contribution is 0.500. The van der Waals surface area contributed by atoms with Crippen LogP contribution in [0.4, 0.5) is 0 Å². The van der Waals surface area contributed by atoms with Crippen LogP contribution in [0.15, 0.2) is 35.3 Å². The van der Waals surface area contributed by atoms with E-state index in [0.29, 0.717) is 6.04 Å². The number of nitrogens with one attached hydrogen (secondary N) is 1. The molecule has 1 unspecified atom stereocenters. The second-order valence-electron chi connectivity index (χ2n) is 4.00. The smallest absolute Gasteiger partial charge is 0.0454 e. The van der Waals surface area contributed by atoms with E-state index in [2.05, 4.69) is 40.8 Å². The van der Waals surface area contributed by atoms with E-state index in [1.165, 1.54) is 5.56 Å². The Morgan fingerprint density at radius 2 is 2.29 bits per heavy atom. The van der Waals surface area contributed by atoms with E-state index >= 15 is 0 Å². The molecule has 0 aliphatic rings. The molecule has 0 radical (unpaired) electrons. The lowest BCUT2D eigenvalue weighted by atomic mass is 10.0. The zero-order valence-corrected chi connectivity index (χ0v) is 12.5. The Balaban J connectivity index is 2.80. The summed E-state index contributed by atoms with van der Waals surface area (Å²) in [5.74, 6) is 0. The first-order valence-corrected chi connectivity index (χ1v) is 7.15. The number of halogens is 2. The van der Waals surface area contributed by atoms with Crippen LogP contribution in [0.3, 0.4) is 0 Å². The minimum Gasteiger partial charge on any atom is -0.310 e. The molecule has 0 aromatic heterocycles. The quantitative estimate of drug-likeness (QED) is 0.544. The number of allylic oxidation sites excluding steroid dienone is 1. The van der Waals surface area contributed by atoms with Crippen LogP contribution in [-0.2, 0) is 0 Å². The van der Waals surface area contributed by atoms with Crippen LogP contribution in [0.2, 0.25) is 5.02 Å². The molecule has 0 saturated heterocycles. The van der Waals surface area contributed by atoms with E-state index in [9.17, 15) is 0 Å². The first kappa shape index (κ1) is 14.7. The van der Waals surface area contributed by atoms with Crippen molar-refractivity contribution >= 4 is 27.5 Å². The summed E-state index contributed by atoms with van der Waals surface area (Å²) < 4.78 is 1.07. The molecule has 1 rings (SSSR count). The first-order valence-electron chi connectivity index (χ1n) is 5.98. The highest BCUT2D eigenvalue weighted by atomic mass is 79.9. The van der Waals surface area contributed by atoms with Gasteiger partial charge in [0.05, 0.1) is 0 Å². The fourth-order valence-electron chi connectivity index (χ4n) is 1.86. The fourth-order valence-corrected chi connectivity index (χ4v) is 2.49. The molecule has 94 valence electrons. The third kappa shape index (κ3) is 4.82. The maximum atomic E-state index is 6.26.